The number of aryl methyl sites for hydroxylation is 1. The first-order valence-corrected chi connectivity index (χ1v) is 9.46. The molecule has 3 rings (SSSR count). The molecule has 1 unspecified atom stereocenters. The maximum absolute atomic E-state index is 12.9. The number of carbonyl (C=O) groups excluding carboxylic acids is 2. The number of para-hydroxylation sites is 1. The zero-order valence-electron chi connectivity index (χ0n) is 15.8. The summed E-state index contributed by atoms with van der Waals surface area (Å²) in [7, 11) is 1.63. The molecule has 6 heteroatoms. The Morgan fingerprint density at radius 1 is 1.19 bits per heavy atom. The van der Waals surface area contributed by atoms with Crippen molar-refractivity contribution in [2.24, 2.45) is 5.92 Å². The number of benzene rings is 1. The van der Waals surface area contributed by atoms with Crippen LogP contribution in [0.25, 0.3) is 0 Å². The fraction of sp³-hybridized carbons (Fsp3) is 0.600. The van der Waals surface area contributed by atoms with Crippen LogP contribution in [0.15, 0.2) is 24.3 Å². The Labute approximate surface area is 155 Å². The van der Waals surface area contributed by atoms with Crippen LogP contribution in [0.3, 0.4) is 0 Å². The lowest BCUT2D eigenvalue weighted by molar-refractivity contribution is -0.135. The number of hydrogen-bond donors (Lipinski definition) is 0. The zero-order valence-corrected chi connectivity index (χ0v) is 15.8. The molecule has 0 N–H and O–H groups in total. The van der Waals surface area contributed by atoms with Gasteiger partial charge < -0.3 is 19.4 Å². The maximum atomic E-state index is 12.9. The van der Waals surface area contributed by atoms with Crippen LogP contribution >= 0.6 is 0 Å². The van der Waals surface area contributed by atoms with E-state index in [2.05, 4.69) is 36.1 Å². The Bertz CT molecular complexity index is 649. The molecule has 1 atom stereocenters. The van der Waals surface area contributed by atoms with Gasteiger partial charge in [0, 0.05) is 58.5 Å². The minimum absolute atomic E-state index is 0.0664. The summed E-state index contributed by atoms with van der Waals surface area (Å²) in [6.07, 6.45) is 1.29. The predicted molar refractivity (Wildman–Crippen MR) is 101 cm³/mol. The first kappa shape index (κ1) is 18.7. The molecule has 0 spiro atoms. The highest BCUT2D eigenvalue weighted by Gasteiger charge is 2.36. The number of rotatable bonds is 5. The van der Waals surface area contributed by atoms with Gasteiger partial charge in [-0.2, -0.15) is 0 Å². The van der Waals surface area contributed by atoms with Gasteiger partial charge in [-0.05, 0) is 25.0 Å². The molecule has 0 aromatic heterocycles. The number of nitrogens with zero attached hydrogens (tertiary/aromatic N) is 3. The summed E-state index contributed by atoms with van der Waals surface area (Å²) in [4.78, 5) is 31.1. The van der Waals surface area contributed by atoms with Crippen LogP contribution in [0, 0.1) is 12.8 Å². The molecular weight excluding hydrogens is 330 g/mol. The molecular formula is C20H29N3O3. The van der Waals surface area contributed by atoms with Crippen LogP contribution in [0.5, 0.6) is 0 Å². The zero-order chi connectivity index (χ0) is 18.5. The molecule has 1 aromatic rings. The Balaban J connectivity index is 1.58. The Morgan fingerprint density at radius 2 is 2.00 bits per heavy atom. The van der Waals surface area contributed by atoms with Crippen LogP contribution in [-0.4, -0.2) is 74.6 Å². The van der Waals surface area contributed by atoms with Crippen molar-refractivity contribution in [3.8, 4) is 0 Å². The predicted octanol–water partition coefficient (Wildman–Crippen LogP) is 1.53. The lowest BCUT2D eigenvalue weighted by Crippen LogP contribution is -2.40. The minimum atomic E-state index is -0.204. The second-order valence-electron chi connectivity index (χ2n) is 7.19. The Kier molecular flexibility index (Phi) is 6.14. The first-order chi connectivity index (χ1) is 12.6. The number of ether oxygens (including phenoxy) is 1. The van der Waals surface area contributed by atoms with E-state index >= 15 is 0 Å². The Morgan fingerprint density at radius 3 is 2.77 bits per heavy atom. The lowest BCUT2D eigenvalue weighted by Gasteiger charge is -2.26. The van der Waals surface area contributed by atoms with Crippen LogP contribution in [0.1, 0.15) is 18.4 Å². The van der Waals surface area contributed by atoms with Gasteiger partial charge in [0.2, 0.25) is 11.8 Å². The lowest BCUT2D eigenvalue weighted by atomic mass is 10.1. The van der Waals surface area contributed by atoms with Crippen molar-refractivity contribution >= 4 is 17.5 Å². The smallest absolute Gasteiger partial charge is 0.228 e. The van der Waals surface area contributed by atoms with Crippen molar-refractivity contribution in [1.82, 2.24) is 9.80 Å². The third-order valence-corrected chi connectivity index (χ3v) is 5.39. The largest absolute Gasteiger partial charge is 0.383 e. The quantitative estimate of drug-likeness (QED) is 0.800. The fourth-order valence-corrected chi connectivity index (χ4v) is 3.91. The van der Waals surface area contributed by atoms with Crippen molar-refractivity contribution < 1.29 is 14.3 Å². The summed E-state index contributed by atoms with van der Waals surface area (Å²) < 4.78 is 5.05. The van der Waals surface area contributed by atoms with Gasteiger partial charge in [-0.3, -0.25) is 9.59 Å². The number of carbonyl (C=O) groups is 2. The molecule has 2 aliphatic heterocycles. The fourth-order valence-electron chi connectivity index (χ4n) is 3.91. The van der Waals surface area contributed by atoms with Gasteiger partial charge in [-0.25, -0.2) is 0 Å². The van der Waals surface area contributed by atoms with Crippen LogP contribution in [0.2, 0.25) is 0 Å². The van der Waals surface area contributed by atoms with E-state index in [9.17, 15) is 9.59 Å². The van der Waals surface area contributed by atoms with E-state index < -0.39 is 0 Å². The van der Waals surface area contributed by atoms with Crippen molar-refractivity contribution in [1.29, 1.82) is 0 Å². The molecule has 2 aliphatic rings. The molecule has 142 valence electrons. The van der Waals surface area contributed by atoms with E-state index in [4.69, 9.17) is 4.74 Å². The number of likely N-dealkylation sites (tertiary alicyclic amines) is 1. The molecule has 0 saturated carbocycles. The van der Waals surface area contributed by atoms with Crippen molar-refractivity contribution in [3.05, 3.63) is 29.8 Å². The van der Waals surface area contributed by atoms with Crippen molar-refractivity contribution in [3.63, 3.8) is 0 Å². The summed E-state index contributed by atoms with van der Waals surface area (Å²) >= 11 is 0. The average Bonchev–Trinajstić information content (AvgIpc) is 2.85. The molecule has 2 heterocycles. The van der Waals surface area contributed by atoms with Gasteiger partial charge in [0.25, 0.3) is 0 Å². The van der Waals surface area contributed by atoms with Gasteiger partial charge >= 0.3 is 0 Å². The summed E-state index contributed by atoms with van der Waals surface area (Å²) in [6, 6.07) is 8.39. The third kappa shape index (κ3) is 4.18. The molecule has 2 amide bonds. The highest BCUT2D eigenvalue weighted by molar-refractivity contribution is 5.89. The van der Waals surface area contributed by atoms with E-state index in [1.165, 1.54) is 11.3 Å². The molecule has 0 radical (unpaired) electrons. The standard InChI is InChI=1S/C20H29N3O3/c1-16-6-3-4-7-18(16)21-8-5-9-22(11-10-21)20(25)17-14-19(24)23(15-17)12-13-26-2/h3-4,6-7,17H,5,8-15H2,1-2H3. The van der Waals surface area contributed by atoms with Crippen molar-refractivity contribution in [2.45, 2.75) is 19.8 Å². The van der Waals surface area contributed by atoms with E-state index in [0.29, 0.717) is 26.1 Å². The van der Waals surface area contributed by atoms with Gasteiger partial charge in [0.1, 0.15) is 0 Å². The Hall–Kier alpha value is -2.08. The molecule has 0 aliphatic carbocycles. The number of anilines is 1. The van der Waals surface area contributed by atoms with E-state index in [-0.39, 0.29) is 17.7 Å². The minimum Gasteiger partial charge on any atom is -0.383 e. The van der Waals surface area contributed by atoms with Crippen molar-refractivity contribution in [2.75, 3.05) is 57.9 Å². The normalized spacial score (nSPS) is 21.2. The van der Waals surface area contributed by atoms with Gasteiger partial charge in [0.15, 0.2) is 0 Å². The monoisotopic (exact) mass is 359 g/mol. The molecule has 2 saturated heterocycles. The highest BCUT2D eigenvalue weighted by atomic mass is 16.5. The number of hydrogen-bond acceptors (Lipinski definition) is 4. The number of methoxy groups -OCH3 is 1. The van der Waals surface area contributed by atoms with Crippen LogP contribution < -0.4 is 4.90 Å². The summed E-state index contributed by atoms with van der Waals surface area (Å²) in [6.45, 7) is 7.02. The topological polar surface area (TPSA) is 53.1 Å². The summed E-state index contributed by atoms with van der Waals surface area (Å²) in [5, 5.41) is 0. The molecule has 0 bridgehead atoms. The first-order valence-electron chi connectivity index (χ1n) is 9.46. The van der Waals surface area contributed by atoms with E-state index in [0.717, 1.165) is 32.6 Å². The van der Waals surface area contributed by atoms with Crippen LogP contribution in [-0.2, 0) is 14.3 Å². The molecule has 6 nitrogen and oxygen atoms in total. The summed E-state index contributed by atoms with van der Waals surface area (Å²) in [5.41, 5.74) is 2.52. The van der Waals surface area contributed by atoms with E-state index in [1.807, 2.05) is 4.90 Å². The average molecular weight is 359 g/mol. The molecule has 26 heavy (non-hydrogen) atoms. The van der Waals surface area contributed by atoms with E-state index in [1.54, 1.807) is 12.0 Å². The highest BCUT2D eigenvalue weighted by Crippen LogP contribution is 2.23. The third-order valence-electron chi connectivity index (χ3n) is 5.39. The summed E-state index contributed by atoms with van der Waals surface area (Å²) in [5.74, 6) is -0.00831. The van der Waals surface area contributed by atoms with Gasteiger partial charge in [0.05, 0.1) is 12.5 Å². The SMILES string of the molecule is COCCN1CC(C(=O)N2CCCN(c3ccccc3C)CC2)CC1=O. The molecule has 1 aromatic carbocycles. The second-order valence-corrected chi connectivity index (χ2v) is 7.19. The maximum Gasteiger partial charge on any atom is 0.228 e. The van der Waals surface area contributed by atoms with Crippen LogP contribution in [0.4, 0.5) is 5.69 Å². The second kappa shape index (κ2) is 8.54. The van der Waals surface area contributed by atoms with Gasteiger partial charge in [-0.1, -0.05) is 18.2 Å². The van der Waals surface area contributed by atoms with Gasteiger partial charge in [-0.15, -0.1) is 0 Å². The molecule has 2 fully saturated rings. The number of amides is 2.